The van der Waals surface area contributed by atoms with Crippen molar-refractivity contribution in [1.29, 1.82) is 0 Å². The van der Waals surface area contributed by atoms with Gasteiger partial charge in [-0.15, -0.1) is 0 Å². The quantitative estimate of drug-likeness (QED) is 0.554. The Bertz CT molecular complexity index is 679. The van der Waals surface area contributed by atoms with Gasteiger partial charge in [-0.2, -0.15) is 0 Å². The van der Waals surface area contributed by atoms with Gasteiger partial charge < -0.3 is 14.2 Å². The summed E-state index contributed by atoms with van der Waals surface area (Å²) in [5.41, 5.74) is 0.273. The van der Waals surface area contributed by atoms with E-state index in [1.807, 2.05) is 6.92 Å². The topological polar surface area (TPSA) is 57.7 Å². The van der Waals surface area contributed by atoms with Gasteiger partial charge in [0.2, 0.25) is 5.88 Å². The first-order chi connectivity index (χ1) is 11.1. The van der Waals surface area contributed by atoms with Gasteiger partial charge in [0.25, 0.3) is 0 Å². The first-order valence-corrected chi connectivity index (χ1v) is 7.70. The smallest absolute Gasteiger partial charge is 0.343 e. The number of rotatable bonds is 7. The van der Waals surface area contributed by atoms with Gasteiger partial charge >= 0.3 is 5.97 Å². The lowest BCUT2D eigenvalue weighted by atomic mass is 10.3. The number of carbonyl (C=O) groups is 1. The third-order valence-electron chi connectivity index (χ3n) is 2.74. The lowest BCUT2D eigenvalue weighted by Gasteiger charge is -2.10. The molecule has 1 heterocycles. The third-order valence-corrected chi connectivity index (χ3v) is 3.29. The van der Waals surface area contributed by atoms with Crippen molar-refractivity contribution in [3.05, 3.63) is 52.1 Å². The Labute approximate surface area is 144 Å². The molecule has 0 atom stereocenters. The van der Waals surface area contributed by atoms with Gasteiger partial charge in [0, 0.05) is 17.3 Å². The van der Waals surface area contributed by atoms with Gasteiger partial charge in [0.15, 0.2) is 0 Å². The van der Waals surface area contributed by atoms with Gasteiger partial charge in [0.1, 0.15) is 24.5 Å². The van der Waals surface area contributed by atoms with Crippen molar-refractivity contribution in [2.45, 2.75) is 6.92 Å². The summed E-state index contributed by atoms with van der Waals surface area (Å²) in [6, 6.07) is 8.13. The summed E-state index contributed by atoms with van der Waals surface area (Å²) >= 11 is 11.8. The highest BCUT2D eigenvalue weighted by atomic mass is 35.5. The van der Waals surface area contributed by atoms with E-state index in [1.54, 1.807) is 36.5 Å². The average molecular weight is 356 g/mol. The maximum Gasteiger partial charge on any atom is 0.343 e. The number of carbonyl (C=O) groups excluding carboxylic acids is 1. The molecule has 0 saturated heterocycles. The van der Waals surface area contributed by atoms with Crippen LogP contribution >= 0.6 is 23.2 Å². The molecule has 0 radical (unpaired) electrons. The molecule has 1 aromatic carbocycles. The predicted molar refractivity (Wildman–Crippen MR) is 87.6 cm³/mol. The lowest BCUT2D eigenvalue weighted by Crippen LogP contribution is -2.14. The second kappa shape index (κ2) is 8.60. The molecule has 0 aliphatic rings. The van der Waals surface area contributed by atoms with Gasteiger partial charge in [-0.25, -0.2) is 9.78 Å². The SMILES string of the molecule is CCOc1ncccc1C(=O)OCCOc1cc(Cl)ccc1Cl. The van der Waals surface area contributed by atoms with E-state index in [-0.39, 0.29) is 24.7 Å². The van der Waals surface area contributed by atoms with Gasteiger partial charge in [-0.1, -0.05) is 23.2 Å². The molecule has 0 bridgehead atoms. The Morgan fingerprint density at radius 3 is 2.78 bits per heavy atom. The zero-order chi connectivity index (χ0) is 16.7. The summed E-state index contributed by atoms with van der Waals surface area (Å²) in [5.74, 6) is 0.160. The van der Waals surface area contributed by atoms with E-state index in [1.165, 1.54) is 0 Å². The number of pyridine rings is 1. The first kappa shape index (κ1) is 17.4. The van der Waals surface area contributed by atoms with Crippen LogP contribution in [-0.4, -0.2) is 30.8 Å². The standard InChI is InChI=1S/C16H15Cl2NO4/c1-2-21-15-12(4-3-7-19-15)16(20)23-9-8-22-14-10-11(17)5-6-13(14)18/h3-7,10H,2,8-9H2,1H3. The van der Waals surface area contributed by atoms with Gasteiger partial charge in [-0.3, -0.25) is 0 Å². The molecular formula is C16H15Cl2NO4. The Hall–Kier alpha value is -1.98. The number of benzene rings is 1. The second-order valence-corrected chi connectivity index (χ2v) is 5.19. The van der Waals surface area contributed by atoms with E-state index < -0.39 is 5.97 Å². The molecule has 2 aromatic rings. The Morgan fingerprint density at radius 2 is 2.00 bits per heavy atom. The molecule has 122 valence electrons. The highest BCUT2D eigenvalue weighted by molar-refractivity contribution is 6.34. The summed E-state index contributed by atoms with van der Waals surface area (Å²) in [6.45, 7) is 2.43. The first-order valence-electron chi connectivity index (χ1n) is 6.94. The fourth-order valence-electron chi connectivity index (χ4n) is 1.75. The van der Waals surface area contributed by atoms with Crippen LogP contribution in [0.3, 0.4) is 0 Å². The summed E-state index contributed by atoms with van der Waals surface area (Å²) in [6.07, 6.45) is 1.55. The van der Waals surface area contributed by atoms with E-state index in [0.29, 0.717) is 22.4 Å². The lowest BCUT2D eigenvalue weighted by molar-refractivity contribution is 0.0445. The maximum atomic E-state index is 12.0. The van der Waals surface area contributed by atoms with E-state index in [9.17, 15) is 4.79 Å². The van der Waals surface area contributed by atoms with Crippen molar-refractivity contribution in [3.8, 4) is 11.6 Å². The number of nitrogens with zero attached hydrogens (tertiary/aromatic N) is 1. The highest BCUT2D eigenvalue weighted by Gasteiger charge is 2.14. The molecule has 0 aliphatic heterocycles. The van der Waals surface area contributed by atoms with Crippen molar-refractivity contribution < 1.29 is 19.0 Å². The van der Waals surface area contributed by atoms with Crippen molar-refractivity contribution in [3.63, 3.8) is 0 Å². The highest BCUT2D eigenvalue weighted by Crippen LogP contribution is 2.27. The minimum absolute atomic E-state index is 0.0577. The molecule has 0 aliphatic carbocycles. The molecule has 2 rings (SSSR count). The summed E-state index contributed by atoms with van der Waals surface area (Å²) in [4.78, 5) is 16.0. The molecule has 1 aromatic heterocycles. The van der Waals surface area contributed by atoms with Crippen LogP contribution in [0.4, 0.5) is 0 Å². The number of hydrogen-bond acceptors (Lipinski definition) is 5. The van der Waals surface area contributed by atoms with Crippen molar-refractivity contribution >= 4 is 29.2 Å². The Balaban J connectivity index is 1.87. The van der Waals surface area contributed by atoms with Gasteiger partial charge in [-0.05, 0) is 31.2 Å². The molecule has 0 fully saturated rings. The van der Waals surface area contributed by atoms with Crippen molar-refractivity contribution in [2.24, 2.45) is 0 Å². The zero-order valence-electron chi connectivity index (χ0n) is 12.4. The normalized spacial score (nSPS) is 10.2. The van der Waals surface area contributed by atoms with Crippen LogP contribution in [0.1, 0.15) is 17.3 Å². The predicted octanol–water partition coefficient (Wildman–Crippen LogP) is 4.02. The average Bonchev–Trinajstić information content (AvgIpc) is 2.55. The fraction of sp³-hybridized carbons (Fsp3) is 0.250. The number of hydrogen-bond donors (Lipinski definition) is 0. The van der Waals surface area contributed by atoms with E-state index in [4.69, 9.17) is 37.4 Å². The molecule has 0 amide bonds. The Morgan fingerprint density at radius 1 is 1.17 bits per heavy atom. The Kier molecular flexibility index (Phi) is 6.50. The third kappa shape index (κ3) is 5.01. The second-order valence-electron chi connectivity index (χ2n) is 4.35. The summed E-state index contributed by atoms with van der Waals surface area (Å²) in [7, 11) is 0. The molecule has 0 N–H and O–H groups in total. The van der Waals surface area contributed by atoms with Gasteiger partial charge in [0.05, 0.1) is 11.6 Å². The van der Waals surface area contributed by atoms with Crippen LogP contribution in [0.15, 0.2) is 36.5 Å². The molecule has 0 saturated carbocycles. The number of halogens is 2. The van der Waals surface area contributed by atoms with Crippen molar-refractivity contribution in [1.82, 2.24) is 4.98 Å². The molecule has 0 unspecified atom stereocenters. The van der Waals surface area contributed by atoms with Crippen LogP contribution in [0.5, 0.6) is 11.6 Å². The molecule has 7 heteroatoms. The van der Waals surface area contributed by atoms with Crippen LogP contribution in [0.25, 0.3) is 0 Å². The number of ether oxygens (including phenoxy) is 3. The molecular weight excluding hydrogens is 341 g/mol. The summed E-state index contributed by atoms with van der Waals surface area (Å²) in [5, 5.41) is 0.949. The number of esters is 1. The van der Waals surface area contributed by atoms with E-state index in [2.05, 4.69) is 4.98 Å². The zero-order valence-corrected chi connectivity index (χ0v) is 13.9. The molecule has 23 heavy (non-hydrogen) atoms. The molecule has 5 nitrogen and oxygen atoms in total. The van der Waals surface area contributed by atoms with Crippen LogP contribution in [0.2, 0.25) is 10.0 Å². The monoisotopic (exact) mass is 355 g/mol. The van der Waals surface area contributed by atoms with Crippen LogP contribution in [-0.2, 0) is 4.74 Å². The van der Waals surface area contributed by atoms with Crippen LogP contribution in [0, 0.1) is 0 Å². The minimum atomic E-state index is -0.526. The minimum Gasteiger partial charge on any atom is -0.488 e. The van der Waals surface area contributed by atoms with E-state index >= 15 is 0 Å². The van der Waals surface area contributed by atoms with Crippen LogP contribution < -0.4 is 9.47 Å². The number of aromatic nitrogens is 1. The van der Waals surface area contributed by atoms with E-state index in [0.717, 1.165) is 0 Å². The fourth-order valence-corrected chi connectivity index (χ4v) is 2.08. The summed E-state index contributed by atoms with van der Waals surface area (Å²) < 4.78 is 15.9. The molecule has 0 spiro atoms. The van der Waals surface area contributed by atoms with Crippen molar-refractivity contribution in [2.75, 3.05) is 19.8 Å². The maximum absolute atomic E-state index is 12.0. The largest absolute Gasteiger partial charge is 0.488 e.